The Balaban J connectivity index is 2.08. The highest BCUT2D eigenvalue weighted by atomic mass is 14.9. The molecule has 3 rings (SSSR count). The van der Waals surface area contributed by atoms with Crippen molar-refractivity contribution in [3.05, 3.63) is 24.0 Å². The van der Waals surface area contributed by atoms with Crippen LogP contribution in [0.15, 0.2) is 18.2 Å². The van der Waals surface area contributed by atoms with E-state index >= 15 is 0 Å². The molecule has 3 heteroatoms. The summed E-state index contributed by atoms with van der Waals surface area (Å²) in [6, 6.07) is 5.92. The molecule has 1 aliphatic rings. The lowest BCUT2D eigenvalue weighted by Gasteiger charge is -2.11. The SMILES string of the molecule is CC1CCCC1c1nc2c(N)cccc2[nH]1. The predicted molar refractivity (Wildman–Crippen MR) is 66.3 cm³/mol. The van der Waals surface area contributed by atoms with E-state index < -0.39 is 0 Å². The zero-order chi connectivity index (χ0) is 11.1. The highest BCUT2D eigenvalue weighted by Gasteiger charge is 2.27. The summed E-state index contributed by atoms with van der Waals surface area (Å²) in [5.74, 6) is 2.45. The summed E-state index contributed by atoms with van der Waals surface area (Å²) in [4.78, 5) is 8.08. The topological polar surface area (TPSA) is 54.7 Å². The molecule has 0 bridgehead atoms. The van der Waals surface area contributed by atoms with Gasteiger partial charge < -0.3 is 10.7 Å². The van der Waals surface area contributed by atoms with Gasteiger partial charge in [-0.2, -0.15) is 0 Å². The van der Waals surface area contributed by atoms with E-state index in [0.717, 1.165) is 28.5 Å². The van der Waals surface area contributed by atoms with Crippen molar-refractivity contribution in [3.8, 4) is 0 Å². The van der Waals surface area contributed by atoms with Gasteiger partial charge in [-0.15, -0.1) is 0 Å². The van der Waals surface area contributed by atoms with Crippen LogP contribution < -0.4 is 5.73 Å². The van der Waals surface area contributed by atoms with Crippen molar-refractivity contribution < 1.29 is 0 Å². The predicted octanol–water partition coefficient (Wildman–Crippen LogP) is 3.05. The largest absolute Gasteiger partial charge is 0.397 e. The maximum Gasteiger partial charge on any atom is 0.111 e. The van der Waals surface area contributed by atoms with Gasteiger partial charge in [0.15, 0.2) is 0 Å². The molecule has 0 spiro atoms. The Morgan fingerprint density at radius 1 is 1.38 bits per heavy atom. The first-order valence-corrected chi connectivity index (χ1v) is 6.00. The lowest BCUT2D eigenvalue weighted by Crippen LogP contribution is -2.03. The van der Waals surface area contributed by atoms with Crippen LogP contribution in [0.25, 0.3) is 11.0 Å². The molecule has 2 atom stereocenters. The fraction of sp³-hybridized carbons (Fsp3) is 0.462. The molecule has 3 nitrogen and oxygen atoms in total. The summed E-state index contributed by atoms with van der Waals surface area (Å²) >= 11 is 0. The minimum Gasteiger partial charge on any atom is -0.397 e. The van der Waals surface area contributed by atoms with E-state index in [9.17, 15) is 0 Å². The Morgan fingerprint density at radius 3 is 2.94 bits per heavy atom. The first-order chi connectivity index (χ1) is 7.75. The number of hydrogen-bond donors (Lipinski definition) is 2. The Hall–Kier alpha value is -1.51. The van der Waals surface area contributed by atoms with E-state index in [0.29, 0.717) is 5.92 Å². The molecule has 0 aliphatic heterocycles. The molecule has 1 aromatic heterocycles. The molecule has 0 amide bonds. The smallest absolute Gasteiger partial charge is 0.111 e. The number of hydrogen-bond acceptors (Lipinski definition) is 2. The number of imidazole rings is 1. The Labute approximate surface area is 95.1 Å². The van der Waals surface area contributed by atoms with Gasteiger partial charge in [-0.25, -0.2) is 4.98 Å². The molecule has 16 heavy (non-hydrogen) atoms. The highest BCUT2D eigenvalue weighted by Crippen LogP contribution is 2.38. The molecule has 1 aromatic carbocycles. The second-order valence-electron chi connectivity index (χ2n) is 4.88. The van der Waals surface area contributed by atoms with Crippen molar-refractivity contribution in [2.45, 2.75) is 32.1 Å². The molecule has 3 N–H and O–H groups in total. The maximum atomic E-state index is 5.92. The molecule has 1 fully saturated rings. The summed E-state index contributed by atoms with van der Waals surface area (Å²) in [6.45, 7) is 2.31. The fourth-order valence-electron chi connectivity index (χ4n) is 2.80. The molecular weight excluding hydrogens is 198 g/mol. The van der Waals surface area contributed by atoms with Crippen LogP contribution in [-0.2, 0) is 0 Å². The number of aromatic nitrogens is 2. The van der Waals surface area contributed by atoms with Crippen molar-refractivity contribution in [2.24, 2.45) is 5.92 Å². The number of para-hydroxylation sites is 1. The third-order valence-corrected chi connectivity index (χ3v) is 3.77. The lowest BCUT2D eigenvalue weighted by atomic mass is 9.98. The highest BCUT2D eigenvalue weighted by molar-refractivity contribution is 5.86. The number of benzene rings is 1. The third kappa shape index (κ3) is 1.39. The number of rotatable bonds is 1. The number of nitrogens with zero attached hydrogens (tertiary/aromatic N) is 1. The summed E-state index contributed by atoms with van der Waals surface area (Å²) in [6.07, 6.45) is 3.89. The number of anilines is 1. The molecule has 0 radical (unpaired) electrons. The average molecular weight is 215 g/mol. The minimum atomic E-state index is 0.590. The third-order valence-electron chi connectivity index (χ3n) is 3.77. The standard InChI is InChI=1S/C13H17N3/c1-8-4-2-5-9(8)13-15-11-7-3-6-10(14)12(11)16-13/h3,6-9H,2,4-5,14H2,1H3,(H,15,16). The summed E-state index contributed by atoms with van der Waals surface area (Å²) in [7, 11) is 0. The van der Waals surface area contributed by atoms with Gasteiger partial charge in [0.1, 0.15) is 11.3 Å². The monoisotopic (exact) mass is 215 g/mol. The van der Waals surface area contributed by atoms with Crippen molar-refractivity contribution in [1.82, 2.24) is 9.97 Å². The minimum absolute atomic E-state index is 0.590. The van der Waals surface area contributed by atoms with Crippen LogP contribution in [0.3, 0.4) is 0 Å². The van der Waals surface area contributed by atoms with Crippen molar-refractivity contribution >= 4 is 16.7 Å². The van der Waals surface area contributed by atoms with Gasteiger partial charge in [-0.1, -0.05) is 19.4 Å². The molecule has 1 aliphatic carbocycles. The van der Waals surface area contributed by atoms with Gasteiger partial charge in [-0.05, 0) is 30.9 Å². The Morgan fingerprint density at radius 2 is 2.25 bits per heavy atom. The summed E-state index contributed by atoms with van der Waals surface area (Å²) in [5, 5.41) is 0. The zero-order valence-corrected chi connectivity index (χ0v) is 9.53. The molecule has 1 heterocycles. The number of nitrogen functional groups attached to an aromatic ring is 1. The fourth-order valence-corrected chi connectivity index (χ4v) is 2.80. The Kier molecular flexibility index (Phi) is 2.13. The van der Waals surface area contributed by atoms with Gasteiger partial charge in [0, 0.05) is 5.92 Å². The number of H-pyrrole nitrogens is 1. The molecule has 2 unspecified atom stereocenters. The van der Waals surface area contributed by atoms with E-state index in [1.807, 2.05) is 18.2 Å². The van der Waals surface area contributed by atoms with E-state index in [1.54, 1.807) is 0 Å². The first-order valence-electron chi connectivity index (χ1n) is 6.00. The van der Waals surface area contributed by atoms with Crippen LogP contribution in [0.2, 0.25) is 0 Å². The normalized spacial score (nSPS) is 25.3. The maximum absolute atomic E-state index is 5.92. The van der Waals surface area contributed by atoms with Crippen molar-refractivity contribution in [3.63, 3.8) is 0 Å². The second kappa shape index (κ2) is 3.51. The summed E-state index contributed by atoms with van der Waals surface area (Å²) < 4.78 is 0. The average Bonchev–Trinajstić information content (AvgIpc) is 2.84. The lowest BCUT2D eigenvalue weighted by molar-refractivity contribution is 0.514. The number of nitrogens with one attached hydrogen (secondary N) is 1. The van der Waals surface area contributed by atoms with Crippen LogP contribution in [0.1, 0.15) is 37.9 Å². The molecule has 84 valence electrons. The quantitative estimate of drug-likeness (QED) is 0.718. The van der Waals surface area contributed by atoms with E-state index in [2.05, 4.69) is 16.9 Å². The van der Waals surface area contributed by atoms with Crippen LogP contribution in [0.4, 0.5) is 5.69 Å². The van der Waals surface area contributed by atoms with Crippen LogP contribution in [0.5, 0.6) is 0 Å². The number of nitrogens with two attached hydrogens (primary N) is 1. The number of aromatic amines is 1. The van der Waals surface area contributed by atoms with Gasteiger partial charge in [0.25, 0.3) is 0 Å². The molecule has 1 saturated carbocycles. The Bertz CT molecular complexity index is 515. The first kappa shape index (κ1) is 9.70. The van der Waals surface area contributed by atoms with Gasteiger partial charge in [-0.3, -0.25) is 0 Å². The zero-order valence-electron chi connectivity index (χ0n) is 9.53. The van der Waals surface area contributed by atoms with Gasteiger partial charge >= 0.3 is 0 Å². The van der Waals surface area contributed by atoms with E-state index in [1.165, 1.54) is 19.3 Å². The van der Waals surface area contributed by atoms with Crippen molar-refractivity contribution in [1.29, 1.82) is 0 Å². The summed E-state index contributed by atoms with van der Waals surface area (Å²) in [5.41, 5.74) is 8.68. The van der Waals surface area contributed by atoms with Crippen LogP contribution in [0, 0.1) is 5.92 Å². The van der Waals surface area contributed by atoms with Gasteiger partial charge in [0.2, 0.25) is 0 Å². The molecule has 0 saturated heterocycles. The van der Waals surface area contributed by atoms with Crippen LogP contribution in [-0.4, -0.2) is 9.97 Å². The van der Waals surface area contributed by atoms with Crippen molar-refractivity contribution in [2.75, 3.05) is 5.73 Å². The molecular formula is C13H17N3. The number of fused-ring (bicyclic) bond motifs is 1. The van der Waals surface area contributed by atoms with Crippen LogP contribution >= 0.6 is 0 Å². The second-order valence-corrected chi connectivity index (χ2v) is 4.88. The van der Waals surface area contributed by atoms with E-state index in [4.69, 9.17) is 5.73 Å². The molecule has 2 aromatic rings. The van der Waals surface area contributed by atoms with E-state index in [-0.39, 0.29) is 0 Å². The van der Waals surface area contributed by atoms with Gasteiger partial charge in [0.05, 0.1) is 11.2 Å².